The monoisotopic (exact) mass is 347 g/mol. The molecule has 0 radical (unpaired) electrons. The highest BCUT2D eigenvalue weighted by Crippen LogP contribution is 2.28. The van der Waals surface area contributed by atoms with Crippen LogP contribution in [0.25, 0.3) is 0 Å². The lowest BCUT2D eigenvalue weighted by molar-refractivity contribution is 0.0524. The van der Waals surface area contributed by atoms with Gasteiger partial charge in [0, 0.05) is 26.1 Å². The number of hydrogen-bond acceptors (Lipinski definition) is 5. The van der Waals surface area contributed by atoms with Crippen molar-refractivity contribution in [2.24, 2.45) is 0 Å². The molecule has 136 valence electrons. The first kappa shape index (κ1) is 17.8. The first-order valence-electron chi connectivity index (χ1n) is 8.79. The molecule has 25 heavy (non-hydrogen) atoms. The van der Waals surface area contributed by atoms with Gasteiger partial charge in [0.1, 0.15) is 24.2 Å². The summed E-state index contributed by atoms with van der Waals surface area (Å²) in [6, 6.07) is 6.94. The Labute approximate surface area is 147 Å². The molecule has 1 saturated heterocycles. The lowest BCUT2D eigenvalue weighted by atomic mass is 10.0. The van der Waals surface area contributed by atoms with E-state index in [0.717, 1.165) is 25.7 Å². The number of rotatable bonds is 6. The summed E-state index contributed by atoms with van der Waals surface area (Å²) in [6.07, 6.45) is 5.27. The van der Waals surface area contributed by atoms with Crippen LogP contribution in [0.15, 0.2) is 39.4 Å². The van der Waals surface area contributed by atoms with Crippen molar-refractivity contribution >= 4 is 5.91 Å². The number of methoxy groups -OCH3 is 1. The van der Waals surface area contributed by atoms with Gasteiger partial charge in [-0.2, -0.15) is 0 Å². The minimum atomic E-state index is -0.714. The second kappa shape index (κ2) is 8.36. The molecule has 2 aromatic heterocycles. The second-order valence-corrected chi connectivity index (χ2v) is 6.47. The maximum Gasteiger partial charge on any atom is 0.289 e. The molecule has 0 aliphatic carbocycles. The largest absolute Gasteiger partial charge is 0.467 e. The van der Waals surface area contributed by atoms with Gasteiger partial charge >= 0.3 is 0 Å². The van der Waals surface area contributed by atoms with Crippen molar-refractivity contribution in [2.45, 2.75) is 50.9 Å². The average molecular weight is 347 g/mol. The number of aliphatic hydroxyl groups excluding tert-OH is 1. The van der Waals surface area contributed by atoms with Crippen molar-refractivity contribution in [2.75, 3.05) is 13.7 Å². The van der Waals surface area contributed by atoms with Crippen LogP contribution in [-0.4, -0.2) is 35.6 Å². The number of likely N-dealkylation sites (tertiary alicyclic amines) is 1. The summed E-state index contributed by atoms with van der Waals surface area (Å²) < 4.78 is 15.9. The van der Waals surface area contributed by atoms with Crippen LogP contribution >= 0.6 is 0 Å². The number of aliphatic hydroxyl groups is 1. The van der Waals surface area contributed by atoms with E-state index < -0.39 is 6.10 Å². The molecule has 0 bridgehead atoms. The lowest BCUT2D eigenvalue weighted by Crippen LogP contribution is -2.40. The Morgan fingerprint density at radius 3 is 3.00 bits per heavy atom. The normalized spacial score (nSPS) is 19.6. The molecule has 0 saturated carbocycles. The van der Waals surface area contributed by atoms with Gasteiger partial charge in [-0.25, -0.2) is 0 Å². The molecule has 3 heterocycles. The maximum absolute atomic E-state index is 12.9. The third kappa shape index (κ3) is 4.32. The number of carbonyl (C=O) groups is 1. The van der Waals surface area contributed by atoms with E-state index in [9.17, 15) is 9.90 Å². The predicted molar refractivity (Wildman–Crippen MR) is 91.0 cm³/mol. The van der Waals surface area contributed by atoms with Gasteiger partial charge in [0.05, 0.1) is 6.26 Å². The van der Waals surface area contributed by atoms with E-state index in [4.69, 9.17) is 13.6 Å². The minimum absolute atomic E-state index is 0.0360. The van der Waals surface area contributed by atoms with Gasteiger partial charge in [-0.15, -0.1) is 0 Å². The quantitative estimate of drug-likeness (QED) is 0.865. The number of nitrogens with zero attached hydrogens (tertiary/aromatic N) is 1. The van der Waals surface area contributed by atoms with Crippen molar-refractivity contribution in [1.82, 2.24) is 4.90 Å². The Kier molecular flexibility index (Phi) is 5.94. The van der Waals surface area contributed by atoms with Crippen LogP contribution in [0.3, 0.4) is 0 Å². The summed E-state index contributed by atoms with van der Waals surface area (Å²) in [4.78, 5) is 14.8. The summed E-state index contributed by atoms with van der Waals surface area (Å²) >= 11 is 0. The van der Waals surface area contributed by atoms with Crippen LogP contribution in [0.4, 0.5) is 0 Å². The molecule has 2 atom stereocenters. The van der Waals surface area contributed by atoms with Crippen LogP contribution < -0.4 is 0 Å². The molecular formula is C19H25NO5. The zero-order valence-electron chi connectivity index (χ0n) is 14.5. The van der Waals surface area contributed by atoms with Gasteiger partial charge < -0.3 is 23.6 Å². The minimum Gasteiger partial charge on any atom is -0.467 e. The number of amides is 1. The standard InChI is InChI=1S/C19H25NO5/c1-23-13-15-8-9-18(25-15)19(22)20-10-4-2-3-6-14(20)12-16(21)17-7-5-11-24-17/h5,7-9,11,14,16,21H,2-4,6,10,12-13H2,1H3. The van der Waals surface area contributed by atoms with Crippen LogP contribution in [0.5, 0.6) is 0 Å². The van der Waals surface area contributed by atoms with Crippen molar-refractivity contribution in [3.8, 4) is 0 Å². The van der Waals surface area contributed by atoms with Crippen molar-refractivity contribution in [3.63, 3.8) is 0 Å². The topological polar surface area (TPSA) is 76.0 Å². The maximum atomic E-state index is 12.9. The Bertz CT molecular complexity index is 663. The molecule has 2 unspecified atom stereocenters. The van der Waals surface area contributed by atoms with E-state index in [1.54, 1.807) is 37.6 Å². The Morgan fingerprint density at radius 2 is 2.24 bits per heavy atom. The Hall–Kier alpha value is -2.05. The predicted octanol–water partition coefficient (Wildman–Crippen LogP) is 3.53. The van der Waals surface area contributed by atoms with E-state index in [0.29, 0.717) is 36.9 Å². The summed E-state index contributed by atoms with van der Waals surface area (Å²) in [5.74, 6) is 1.37. The van der Waals surface area contributed by atoms with Crippen LogP contribution in [0, 0.1) is 0 Å². The molecular weight excluding hydrogens is 322 g/mol. The third-order valence-corrected chi connectivity index (χ3v) is 4.66. The van der Waals surface area contributed by atoms with Gasteiger partial charge in [-0.1, -0.05) is 12.8 Å². The molecule has 6 heteroatoms. The SMILES string of the molecule is COCc1ccc(C(=O)N2CCCCCC2CC(O)c2ccco2)o1. The number of ether oxygens (including phenoxy) is 1. The highest BCUT2D eigenvalue weighted by Gasteiger charge is 2.30. The van der Waals surface area contributed by atoms with Gasteiger partial charge in [0.2, 0.25) is 0 Å². The molecule has 0 aromatic carbocycles. The van der Waals surface area contributed by atoms with Crippen LogP contribution in [0.1, 0.15) is 60.3 Å². The van der Waals surface area contributed by atoms with E-state index in [2.05, 4.69) is 0 Å². The molecule has 6 nitrogen and oxygen atoms in total. The molecule has 1 aliphatic rings. The highest BCUT2D eigenvalue weighted by atomic mass is 16.5. The van der Waals surface area contributed by atoms with Gasteiger partial charge in [-0.05, 0) is 37.1 Å². The van der Waals surface area contributed by atoms with E-state index in [1.165, 1.54) is 0 Å². The van der Waals surface area contributed by atoms with Gasteiger partial charge in [0.15, 0.2) is 5.76 Å². The fraction of sp³-hybridized carbons (Fsp3) is 0.526. The molecule has 0 spiro atoms. The van der Waals surface area contributed by atoms with Crippen LogP contribution in [-0.2, 0) is 11.3 Å². The zero-order chi connectivity index (χ0) is 17.6. The Balaban J connectivity index is 1.73. The first-order valence-corrected chi connectivity index (χ1v) is 8.79. The van der Waals surface area contributed by atoms with Crippen LogP contribution in [0.2, 0.25) is 0 Å². The van der Waals surface area contributed by atoms with Crippen molar-refractivity contribution in [1.29, 1.82) is 0 Å². The van der Waals surface area contributed by atoms with Crippen molar-refractivity contribution in [3.05, 3.63) is 47.8 Å². The molecule has 1 amide bonds. The number of carbonyl (C=O) groups excluding carboxylic acids is 1. The average Bonchev–Trinajstić information content (AvgIpc) is 3.24. The summed E-state index contributed by atoms with van der Waals surface area (Å²) in [7, 11) is 1.59. The van der Waals surface area contributed by atoms with E-state index >= 15 is 0 Å². The van der Waals surface area contributed by atoms with Gasteiger partial charge in [-0.3, -0.25) is 4.79 Å². The summed E-state index contributed by atoms with van der Waals surface area (Å²) in [5, 5.41) is 10.4. The van der Waals surface area contributed by atoms with Gasteiger partial charge in [0.25, 0.3) is 5.91 Å². The third-order valence-electron chi connectivity index (χ3n) is 4.66. The highest BCUT2D eigenvalue weighted by molar-refractivity contribution is 5.91. The second-order valence-electron chi connectivity index (χ2n) is 6.47. The molecule has 1 fully saturated rings. The molecule has 1 N–H and O–H groups in total. The fourth-order valence-electron chi connectivity index (χ4n) is 3.40. The number of hydrogen-bond donors (Lipinski definition) is 1. The van der Waals surface area contributed by atoms with Crippen molar-refractivity contribution < 1.29 is 23.5 Å². The summed E-state index contributed by atoms with van der Waals surface area (Å²) in [5.41, 5.74) is 0. The Morgan fingerprint density at radius 1 is 1.36 bits per heavy atom. The first-order chi connectivity index (χ1) is 12.2. The smallest absolute Gasteiger partial charge is 0.289 e. The number of furan rings is 2. The summed E-state index contributed by atoms with van der Waals surface area (Å²) in [6.45, 7) is 1.02. The molecule has 3 rings (SSSR count). The van der Waals surface area contributed by atoms with E-state index in [1.807, 2.05) is 4.90 Å². The lowest BCUT2D eigenvalue weighted by Gasteiger charge is -2.30. The zero-order valence-corrected chi connectivity index (χ0v) is 14.5. The fourth-order valence-corrected chi connectivity index (χ4v) is 3.40. The van der Waals surface area contributed by atoms with E-state index in [-0.39, 0.29) is 11.9 Å². The molecule has 2 aromatic rings. The molecule has 1 aliphatic heterocycles.